The third kappa shape index (κ3) is 3.41. The Kier molecular flexibility index (Phi) is 4.59. The average molecular weight is 352 g/mol. The van der Waals surface area contributed by atoms with Crippen LogP contribution in [0.1, 0.15) is 6.42 Å². The number of anilines is 2. The quantitative estimate of drug-likeness (QED) is 0.703. The Morgan fingerprint density at radius 1 is 1.15 bits per heavy atom. The number of piperazine rings is 1. The zero-order chi connectivity index (χ0) is 17.8. The molecule has 2 N–H and O–H groups in total. The van der Waals surface area contributed by atoms with E-state index in [2.05, 4.69) is 35.4 Å². The summed E-state index contributed by atoms with van der Waals surface area (Å²) in [5, 5.41) is 10.8. The number of hydrogen-bond acceptors (Lipinski definition) is 7. The molecule has 0 aromatic carbocycles. The minimum absolute atomic E-state index is 0.149. The monoisotopic (exact) mass is 352 g/mol. The third-order valence-corrected chi connectivity index (χ3v) is 4.48. The minimum atomic E-state index is 0.149. The maximum Gasteiger partial charge on any atom is 0.224 e. The van der Waals surface area contributed by atoms with E-state index in [1.54, 1.807) is 12.4 Å². The fourth-order valence-electron chi connectivity index (χ4n) is 3.08. The molecule has 0 aliphatic carbocycles. The van der Waals surface area contributed by atoms with Crippen molar-refractivity contribution < 1.29 is 4.79 Å². The highest BCUT2D eigenvalue weighted by Gasteiger charge is 2.21. The molecule has 4 rings (SSSR count). The molecule has 1 aliphatic rings. The Morgan fingerprint density at radius 2 is 2.04 bits per heavy atom. The lowest BCUT2D eigenvalue weighted by atomic mass is 10.2. The first-order valence-electron chi connectivity index (χ1n) is 8.63. The van der Waals surface area contributed by atoms with E-state index in [0.717, 1.165) is 37.4 Å². The van der Waals surface area contributed by atoms with Crippen molar-refractivity contribution in [2.24, 2.45) is 0 Å². The van der Waals surface area contributed by atoms with E-state index in [4.69, 9.17) is 0 Å². The number of carbonyl (C=O) groups is 1. The van der Waals surface area contributed by atoms with Crippen molar-refractivity contribution in [3.05, 3.63) is 36.9 Å². The highest BCUT2D eigenvalue weighted by atomic mass is 16.2. The Balaban J connectivity index is 1.26. The summed E-state index contributed by atoms with van der Waals surface area (Å²) < 4.78 is 0. The number of pyridine rings is 1. The van der Waals surface area contributed by atoms with Crippen LogP contribution in [-0.4, -0.2) is 68.7 Å². The molecule has 0 spiro atoms. The smallest absolute Gasteiger partial charge is 0.224 e. The Hall–Kier alpha value is -3.23. The predicted octanol–water partition coefficient (Wildman–Crippen LogP) is 0.899. The topological polar surface area (TPSA) is 103 Å². The third-order valence-electron chi connectivity index (χ3n) is 4.48. The van der Waals surface area contributed by atoms with Gasteiger partial charge in [-0.2, -0.15) is 5.10 Å². The van der Waals surface area contributed by atoms with E-state index < -0.39 is 0 Å². The van der Waals surface area contributed by atoms with Crippen LogP contribution in [0.4, 0.5) is 11.6 Å². The molecule has 0 saturated carbocycles. The second-order valence-electron chi connectivity index (χ2n) is 6.09. The number of aromatic amines is 1. The molecule has 1 saturated heterocycles. The first kappa shape index (κ1) is 16.2. The van der Waals surface area contributed by atoms with Gasteiger partial charge in [-0.05, 0) is 12.1 Å². The second-order valence-corrected chi connectivity index (χ2v) is 6.09. The molecule has 9 nitrogen and oxygen atoms in total. The van der Waals surface area contributed by atoms with Gasteiger partial charge in [-0.15, -0.1) is 0 Å². The van der Waals surface area contributed by atoms with Crippen LogP contribution >= 0.6 is 0 Å². The van der Waals surface area contributed by atoms with Gasteiger partial charge in [0.25, 0.3) is 0 Å². The summed E-state index contributed by atoms with van der Waals surface area (Å²) in [4.78, 5) is 29.2. The van der Waals surface area contributed by atoms with Crippen molar-refractivity contribution in [1.82, 2.24) is 30.0 Å². The van der Waals surface area contributed by atoms with Crippen molar-refractivity contribution in [1.29, 1.82) is 0 Å². The number of nitrogens with one attached hydrogen (secondary N) is 2. The SMILES string of the molecule is O=C(CCNc1ncnc2[nH]ncc12)N1CCN(c2ccccn2)CC1. The van der Waals surface area contributed by atoms with E-state index in [9.17, 15) is 4.79 Å². The molecule has 1 fully saturated rings. The highest BCUT2D eigenvalue weighted by Crippen LogP contribution is 2.16. The lowest BCUT2D eigenvalue weighted by Gasteiger charge is -2.35. The summed E-state index contributed by atoms with van der Waals surface area (Å²) >= 11 is 0. The molecule has 1 amide bonds. The summed E-state index contributed by atoms with van der Waals surface area (Å²) in [5.74, 6) is 1.81. The van der Waals surface area contributed by atoms with Crippen molar-refractivity contribution in [2.75, 3.05) is 42.9 Å². The summed E-state index contributed by atoms with van der Waals surface area (Å²) in [6, 6.07) is 5.89. The maximum absolute atomic E-state index is 12.4. The highest BCUT2D eigenvalue weighted by molar-refractivity contribution is 5.85. The normalized spacial score (nSPS) is 14.6. The van der Waals surface area contributed by atoms with Gasteiger partial charge in [0, 0.05) is 45.3 Å². The first-order valence-corrected chi connectivity index (χ1v) is 8.63. The number of amides is 1. The number of aromatic nitrogens is 5. The molecule has 0 unspecified atom stereocenters. The van der Waals surface area contributed by atoms with Crippen LogP contribution in [0.15, 0.2) is 36.9 Å². The summed E-state index contributed by atoms with van der Waals surface area (Å²) in [6.07, 6.45) is 5.37. The van der Waals surface area contributed by atoms with Crippen LogP contribution in [0.3, 0.4) is 0 Å². The molecule has 0 atom stereocenters. The number of fused-ring (bicyclic) bond motifs is 1. The lowest BCUT2D eigenvalue weighted by Crippen LogP contribution is -2.49. The van der Waals surface area contributed by atoms with E-state index in [0.29, 0.717) is 24.4 Å². The van der Waals surface area contributed by atoms with Gasteiger partial charge in [-0.25, -0.2) is 15.0 Å². The number of nitrogens with zero attached hydrogens (tertiary/aromatic N) is 6. The first-order chi connectivity index (χ1) is 12.8. The van der Waals surface area contributed by atoms with Crippen LogP contribution in [-0.2, 0) is 4.79 Å². The maximum atomic E-state index is 12.4. The molecule has 9 heteroatoms. The van der Waals surface area contributed by atoms with Crippen molar-refractivity contribution in [2.45, 2.75) is 6.42 Å². The van der Waals surface area contributed by atoms with Gasteiger partial charge in [-0.1, -0.05) is 6.07 Å². The van der Waals surface area contributed by atoms with Crippen molar-refractivity contribution in [3.8, 4) is 0 Å². The molecule has 134 valence electrons. The van der Waals surface area contributed by atoms with E-state index >= 15 is 0 Å². The van der Waals surface area contributed by atoms with Crippen molar-refractivity contribution >= 4 is 28.6 Å². The van der Waals surface area contributed by atoms with E-state index in [1.165, 1.54) is 6.33 Å². The van der Waals surface area contributed by atoms with Crippen molar-refractivity contribution in [3.63, 3.8) is 0 Å². The molecule has 26 heavy (non-hydrogen) atoms. The van der Waals surface area contributed by atoms with E-state index in [1.807, 2.05) is 23.1 Å². The molecule has 4 heterocycles. The van der Waals surface area contributed by atoms with Crippen LogP contribution in [0.2, 0.25) is 0 Å². The summed E-state index contributed by atoms with van der Waals surface area (Å²) in [6.45, 7) is 3.57. The molecule has 0 radical (unpaired) electrons. The van der Waals surface area contributed by atoms with Gasteiger partial charge in [0.2, 0.25) is 5.91 Å². The van der Waals surface area contributed by atoms with Gasteiger partial charge in [0.1, 0.15) is 18.0 Å². The van der Waals surface area contributed by atoms with Crippen LogP contribution in [0.25, 0.3) is 11.0 Å². The van der Waals surface area contributed by atoms with Crippen LogP contribution < -0.4 is 10.2 Å². The minimum Gasteiger partial charge on any atom is -0.369 e. The number of rotatable bonds is 5. The van der Waals surface area contributed by atoms with Gasteiger partial charge >= 0.3 is 0 Å². The van der Waals surface area contributed by atoms with Gasteiger partial charge in [-0.3, -0.25) is 9.89 Å². The largest absolute Gasteiger partial charge is 0.369 e. The molecule has 0 bridgehead atoms. The van der Waals surface area contributed by atoms with E-state index in [-0.39, 0.29) is 5.91 Å². The average Bonchev–Trinajstić information content (AvgIpc) is 3.18. The number of hydrogen-bond donors (Lipinski definition) is 2. The molecule has 3 aromatic heterocycles. The van der Waals surface area contributed by atoms with Gasteiger partial charge in [0.15, 0.2) is 5.65 Å². The summed E-state index contributed by atoms with van der Waals surface area (Å²) in [5.41, 5.74) is 0.680. The number of H-pyrrole nitrogens is 1. The molecular formula is C17H20N8O. The Morgan fingerprint density at radius 3 is 2.85 bits per heavy atom. The zero-order valence-electron chi connectivity index (χ0n) is 14.3. The predicted molar refractivity (Wildman–Crippen MR) is 97.8 cm³/mol. The number of carbonyl (C=O) groups excluding carboxylic acids is 1. The van der Waals surface area contributed by atoms with Gasteiger partial charge in [0.05, 0.1) is 11.6 Å². The molecule has 3 aromatic rings. The molecule has 1 aliphatic heterocycles. The van der Waals surface area contributed by atoms with Crippen LogP contribution in [0.5, 0.6) is 0 Å². The fourth-order valence-corrected chi connectivity index (χ4v) is 3.08. The summed E-state index contributed by atoms with van der Waals surface area (Å²) in [7, 11) is 0. The Labute approximate surface area is 150 Å². The Bertz CT molecular complexity index is 873. The standard InChI is InChI=1S/C17H20N8O/c26-15(4-6-19-16-13-11-22-23-17(13)21-12-20-16)25-9-7-24(8-10-25)14-3-1-2-5-18-14/h1-3,5,11-12H,4,6-10H2,(H2,19,20,21,22,23). The second kappa shape index (κ2) is 7.34. The zero-order valence-corrected chi connectivity index (χ0v) is 14.3. The van der Waals surface area contributed by atoms with Gasteiger partial charge < -0.3 is 15.1 Å². The molecular weight excluding hydrogens is 332 g/mol. The fraction of sp³-hybridized carbons (Fsp3) is 0.353. The lowest BCUT2D eigenvalue weighted by molar-refractivity contribution is -0.131. The van der Waals surface area contributed by atoms with Crippen LogP contribution in [0, 0.1) is 0 Å².